The Morgan fingerprint density at radius 1 is 0.885 bits per heavy atom. The van der Waals surface area contributed by atoms with Crippen LogP contribution in [0.25, 0.3) is 0 Å². The third-order valence-electron chi connectivity index (χ3n) is 2.34. The standard InChI is InChI=1S/C7H12O6S.C4H8O2.C2H6O3S/c1-5(8)4-6(7(9)12-2)14(10,11)13-3;1-3-4(5)6-2;1-5-6(2,3)4/h6H,4H2,1-3H3;3H2,1-2H3;1-2H3. The molecule has 26 heavy (non-hydrogen) atoms. The van der Waals surface area contributed by atoms with Gasteiger partial charge in [-0.15, -0.1) is 0 Å². The van der Waals surface area contributed by atoms with Gasteiger partial charge in [0.05, 0.1) is 34.7 Å². The molecule has 0 N–H and O–H groups in total. The van der Waals surface area contributed by atoms with Gasteiger partial charge in [-0.1, -0.05) is 6.92 Å². The Kier molecular flexibility index (Phi) is 16.4. The summed E-state index contributed by atoms with van der Waals surface area (Å²) in [6.07, 6.45) is 1.02. The molecule has 156 valence electrons. The van der Waals surface area contributed by atoms with Gasteiger partial charge in [-0.05, 0) is 6.92 Å². The summed E-state index contributed by atoms with van der Waals surface area (Å²) in [6.45, 7) is 2.94. The Hall–Kier alpha value is -1.57. The smallest absolute Gasteiger partial charge is 0.327 e. The zero-order valence-electron chi connectivity index (χ0n) is 15.8. The van der Waals surface area contributed by atoms with E-state index in [1.165, 1.54) is 14.0 Å². The van der Waals surface area contributed by atoms with E-state index in [1.54, 1.807) is 6.92 Å². The number of carbonyl (C=O) groups excluding carboxylic acids is 3. The van der Waals surface area contributed by atoms with Crippen molar-refractivity contribution in [2.75, 3.05) is 34.7 Å². The molecule has 0 saturated heterocycles. The molecule has 0 amide bonds. The molecule has 0 aromatic heterocycles. The second-order valence-electron chi connectivity index (χ2n) is 4.38. The van der Waals surface area contributed by atoms with E-state index in [0.29, 0.717) is 6.42 Å². The Bertz CT molecular complexity index is 629. The molecule has 0 aromatic rings. The fourth-order valence-corrected chi connectivity index (χ4v) is 1.96. The number of ether oxygens (including phenoxy) is 2. The fourth-order valence-electron chi connectivity index (χ4n) is 0.956. The zero-order valence-corrected chi connectivity index (χ0v) is 17.4. The largest absolute Gasteiger partial charge is 0.469 e. The van der Waals surface area contributed by atoms with E-state index in [9.17, 15) is 31.2 Å². The maximum absolute atomic E-state index is 11.2. The molecular formula is C13H26O11S2. The predicted octanol–water partition coefficient (Wildman–Crippen LogP) is -0.355. The molecule has 0 aromatic carbocycles. The van der Waals surface area contributed by atoms with Crippen LogP contribution in [0.3, 0.4) is 0 Å². The van der Waals surface area contributed by atoms with E-state index in [4.69, 9.17) is 0 Å². The van der Waals surface area contributed by atoms with Crippen LogP contribution in [0.4, 0.5) is 0 Å². The van der Waals surface area contributed by atoms with Gasteiger partial charge in [-0.2, -0.15) is 16.8 Å². The molecule has 11 nitrogen and oxygen atoms in total. The van der Waals surface area contributed by atoms with E-state index in [0.717, 1.165) is 27.6 Å². The second kappa shape index (κ2) is 14.6. The van der Waals surface area contributed by atoms with Crippen molar-refractivity contribution >= 4 is 38.0 Å². The number of carbonyl (C=O) groups is 3. The van der Waals surface area contributed by atoms with Gasteiger partial charge in [0.25, 0.3) is 20.2 Å². The van der Waals surface area contributed by atoms with Gasteiger partial charge in [0, 0.05) is 12.8 Å². The molecule has 0 spiro atoms. The first-order valence-electron chi connectivity index (χ1n) is 6.91. The van der Waals surface area contributed by atoms with Gasteiger partial charge in [0.1, 0.15) is 5.78 Å². The number of rotatable bonds is 7. The van der Waals surface area contributed by atoms with Crippen molar-refractivity contribution in [1.82, 2.24) is 0 Å². The summed E-state index contributed by atoms with van der Waals surface area (Å²) in [5, 5.41) is -1.57. The minimum atomic E-state index is -4.06. The highest BCUT2D eigenvalue weighted by molar-refractivity contribution is 7.88. The van der Waals surface area contributed by atoms with Crippen molar-refractivity contribution in [2.45, 2.75) is 31.9 Å². The fraction of sp³-hybridized carbons (Fsp3) is 0.769. The van der Waals surface area contributed by atoms with Crippen LogP contribution in [-0.2, 0) is 52.5 Å². The van der Waals surface area contributed by atoms with Crippen LogP contribution in [0, 0.1) is 0 Å². The molecule has 0 aliphatic rings. The average Bonchev–Trinajstić information content (AvgIpc) is 2.58. The highest BCUT2D eigenvalue weighted by atomic mass is 32.2. The molecule has 0 rings (SSSR count). The van der Waals surface area contributed by atoms with Gasteiger partial charge < -0.3 is 9.47 Å². The van der Waals surface area contributed by atoms with E-state index in [1.807, 2.05) is 0 Å². The second-order valence-corrected chi connectivity index (χ2v) is 8.01. The predicted molar refractivity (Wildman–Crippen MR) is 91.2 cm³/mol. The lowest BCUT2D eigenvalue weighted by atomic mass is 10.2. The molecule has 0 aliphatic heterocycles. The first kappa shape index (κ1) is 29.2. The van der Waals surface area contributed by atoms with Crippen molar-refractivity contribution in [3.05, 3.63) is 0 Å². The van der Waals surface area contributed by atoms with E-state index < -0.39 is 43.7 Å². The summed E-state index contributed by atoms with van der Waals surface area (Å²) >= 11 is 0. The van der Waals surface area contributed by atoms with Crippen molar-refractivity contribution in [1.29, 1.82) is 0 Å². The SMILES string of the molecule is CCC(=O)OC.COC(=O)C(CC(C)=O)S(=O)(=O)OC.COS(C)(=O)=O. The van der Waals surface area contributed by atoms with Gasteiger partial charge >= 0.3 is 11.9 Å². The van der Waals surface area contributed by atoms with Crippen molar-refractivity contribution in [2.24, 2.45) is 0 Å². The molecule has 0 heterocycles. The molecule has 0 aliphatic carbocycles. The van der Waals surface area contributed by atoms with Crippen LogP contribution < -0.4 is 0 Å². The highest BCUT2D eigenvalue weighted by Crippen LogP contribution is 2.10. The van der Waals surface area contributed by atoms with E-state index in [-0.39, 0.29) is 5.97 Å². The lowest BCUT2D eigenvalue weighted by Gasteiger charge is -2.11. The van der Waals surface area contributed by atoms with E-state index in [2.05, 4.69) is 17.8 Å². The maximum atomic E-state index is 11.2. The summed E-state index contributed by atoms with van der Waals surface area (Å²) in [5.41, 5.74) is 0. The molecule has 1 atom stereocenters. The quantitative estimate of drug-likeness (QED) is 0.390. The van der Waals surface area contributed by atoms with Crippen molar-refractivity contribution in [3.8, 4) is 0 Å². The van der Waals surface area contributed by atoms with Crippen LogP contribution in [0.5, 0.6) is 0 Å². The first-order valence-corrected chi connectivity index (χ1v) is 10.2. The third-order valence-corrected chi connectivity index (χ3v) is 4.46. The number of hydrogen-bond acceptors (Lipinski definition) is 11. The Morgan fingerprint density at radius 2 is 1.31 bits per heavy atom. The number of hydrogen-bond donors (Lipinski definition) is 0. The zero-order chi connectivity index (χ0) is 21.6. The minimum Gasteiger partial charge on any atom is -0.469 e. The number of methoxy groups -OCH3 is 2. The molecule has 0 radical (unpaired) electrons. The first-order chi connectivity index (χ1) is 11.7. The van der Waals surface area contributed by atoms with Crippen LogP contribution in [-0.4, -0.2) is 74.5 Å². The van der Waals surface area contributed by atoms with Crippen molar-refractivity contribution in [3.63, 3.8) is 0 Å². The summed E-state index contributed by atoms with van der Waals surface area (Å²) in [7, 11) is -2.76. The summed E-state index contributed by atoms with van der Waals surface area (Å²) < 4.78 is 58.4. The number of Topliss-reactive ketones (excluding diaryl/α,β-unsaturated/α-hetero) is 1. The van der Waals surface area contributed by atoms with Crippen LogP contribution >= 0.6 is 0 Å². The third kappa shape index (κ3) is 17.3. The maximum Gasteiger partial charge on any atom is 0.327 e. The molecule has 0 fully saturated rings. The number of esters is 2. The Morgan fingerprint density at radius 3 is 1.46 bits per heavy atom. The van der Waals surface area contributed by atoms with Crippen molar-refractivity contribution < 1.29 is 49.1 Å². The molecule has 1 unspecified atom stereocenters. The van der Waals surface area contributed by atoms with Crippen LogP contribution in [0.2, 0.25) is 0 Å². The average molecular weight is 422 g/mol. The van der Waals surface area contributed by atoms with Crippen LogP contribution in [0.15, 0.2) is 0 Å². The Balaban J connectivity index is -0.000000364. The summed E-state index contributed by atoms with van der Waals surface area (Å²) in [4.78, 5) is 31.7. The monoisotopic (exact) mass is 422 g/mol. The highest BCUT2D eigenvalue weighted by Gasteiger charge is 2.34. The molecule has 0 bridgehead atoms. The summed E-state index contributed by atoms with van der Waals surface area (Å²) in [5.74, 6) is -1.59. The summed E-state index contributed by atoms with van der Waals surface area (Å²) in [6, 6.07) is 0. The molecule has 13 heteroatoms. The van der Waals surface area contributed by atoms with Gasteiger partial charge in [0.2, 0.25) is 0 Å². The minimum absolute atomic E-state index is 0.157. The topological polar surface area (TPSA) is 156 Å². The molecule has 0 saturated carbocycles. The van der Waals surface area contributed by atoms with Crippen LogP contribution in [0.1, 0.15) is 26.7 Å². The lowest BCUT2D eigenvalue weighted by Crippen LogP contribution is -2.33. The molecular weight excluding hydrogens is 396 g/mol. The lowest BCUT2D eigenvalue weighted by molar-refractivity contribution is -0.141. The normalized spacial score (nSPS) is 11.7. The number of ketones is 1. The Labute approximate surface area is 154 Å². The van der Waals surface area contributed by atoms with E-state index >= 15 is 0 Å². The van der Waals surface area contributed by atoms with Gasteiger partial charge in [0.15, 0.2) is 5.25 Å². The van der Waals surface area contributed by atoms with Gasteiger partial charge in [-0.3, -0.25) is 22.7 Å². The van der Waals surface area contributed by atoms with Gasteiger partial charge in [-0.25, -0.2) is 0 Å².